The summed E-state index contributed by atoms with van der Waals surface area (Å²) < 4.78 is 0. The quantitative estimate of drug-likeness (QED) is 0.436. The fraction of sp³-hybridized carbons (Fsp3) is 0.0714. The molecule has 0 aliphatic heterocycles. The van der Waals surface area contributed by atoms with Crippen LogP contribution in [0.2, 0.25) is 0 Å². The van der Waals surface area contributed by atoms with E-state index < -0.39 is 11.1 Å². The van der Waals surface area contributed by atoms with Crippen LogP contribution in [0.5, 0.6) is 0 Å². The molecular weight excluding hydrogens is 364 g/mol. The van der Waals surface area contributed by atoms with E-state index in [4.69, 9.17) is 11.5 Å². The number of hydrogen-bond acceptors (Lipinski definition) is 2. The van der Waals surface area contributed by atoms with Crippen molar-refractivity contribution in [2.45, 2.75) is 11.1 Å². The van der Waals surface area contributed by atoms with Crippen LogP contribution in [0, 0.1) is 0 Å². The maximum Gasteiger partial charge on any atom is 0.0853 e. The summed E-state index contributed by atoms with van der Waals surface area (Å²) >= 11 is 0. The lowest BCUT2D eigenvalue weighted by Gasteiger charge is -2.32. The van der Waals surface area contributed by atoms with Gasteiger partial charge in [0.25, 0.3) is 0 Å². The van der Waals surface area contributed by atoms with Crippen LogP contribution < -0.4 is 11.5 Å². The van der Waals surface area contributed by atoms with Gasteiger partial charge in [0.2, 0.25) is 0 Å². The monoisotopic (exact) mass is 390 g/mol. The minimum atomic E-state index is -0.809. The Kier molecular flexibility index (Phi) is 5.62. The second-order valence-corrected chi connectivity index (χ2v) is 7.54. The fourth-order valence-electron chi connectivity index (χ4n) is 3.84. The average Bonchev–Trinajstić information content (AvgIpc) is 2.84. The van der Waals surface area contributed by atoms with Gasteiger partial charge >= 0.3 is 0 Å². The van der Waals surface area contributed by atoms with Crippen LogP contribution >= 0.6 is 0 Å². The summed E-state index contributed by atoms with van der Waals surface area (Å²) in [5, 5.41) is 0. The molecule has 30 heavy (non-hydrogen) atoms. The summed E-state index contributed by atoms with van der Waals surface area (Å²) in [7, 11) is 0. The SMILES string of the molecule is NC(C=CC(N)(c1ccccc1)c1ccccc1)(c1ccccc1)c1ccccc1. The third-order valence-corrected chi connectivity index (χ3v) is 5.61. The number of hydrogen-bond donors (Lipinski definition) is 2. The van der Waals surface area contributed by atoms with Crippen molar-refractivity contribution in [2.24, 2.45) is 11.5 Å². The van der Waals surface area contributed by atoms with Gasteiger partial charge < -0.3 is 11.5 Å². The van der Waals surface area contributed by atoms with Crippen LogP contribution in [0.15, 0.2) is 133 Å². The molecule has 0 atom stereocenters. The number of nitrogens with two attached hydrogens (primary N) is 2. The van der Waals surface area contributed by atoms with E-state index in [1.165, 1.54) is 0 Å². The minimum Gasteiger partial charge on any atom is -0.314 e. The second kappa shape index (κ2) is 8.50. The van der Waals surface area contributed by atoms with Crippen LogP contribution in [-0.2, 0) is 11.1 Å². The highest BCUT2D eigenvalue weighted by Gasteiger charge is 2.31. The Morgan fingerprint density at radius 1 is 0.367 bits per heavy atom. The topological polar surface area (TPSA) is 52.0 Å². The molecule has 0 fully saturated rings. The van der Waals surface area contributed by atoms with Crippen LogP contribution in [0.25, 0.3) is 0 Å². The van der Waals surface area contributed by atoms with Crippen molar-refractivity contribution in [3.8, 4) is 0 Å². The van der Waals surface area contributed by atoms with E-state index in [2.05, 4.69) is 48.5 Å². The van der Waals surface area contributed by atoms with Crippen molar-refractivity contribution in [3.63, 3.8) is 0 Å². The molecule has 0 unspecified atom stereocenters. The predicted molar refractivity (Wildman–Crippen MR) is 125 cm³/mol. The molecule has 0 amide bonds. The fourth-order valence-corrected chi connectivity index (χ4v) is 3.84. The van der Waals surface area contributed by atoms with Gasteiger partial charge in [0.15, 0.2) is 0 Å². The molecule has 0 aliphatic rings. The molecule has 4 N–H and O–H groups in total. The van der Waals surface area contributed by atoms with E-state index in [9.17, 15) is 0 Å². The summed E-state index contributed by atoms with van der Waals surface area (Å²) in [5.74, 6) is 0. The molecule has 0 saturated carbocycles. The van der Waals surface area contributed by atoms with Crippen molar-refractivity contribution in [3.05, 3.63) is 156 Å². The van der Waals surface area contributed by atoms with E-state index >= 15 is 0 Å². The van der Waals surface area contributed by atoms with Crippen LogP contribution in [0.4, 0.5) is 0 Å². The highest BCUT2D eigenvalue weighted by molar-refractivity contribution is 5.47. The molecule has 2 nitrogen and oxygen atoms in total. The van der Waals surface area contributed by atoms with Crippen molar-refractivity contribution >= 4 is 0 Å². The maximum absolute atomic E-state index is 7.06. The smallest absolute Gasteiger partial charge is 0.0853 e. The maximum atomic E-state index is 7.06. The zero-order chi connectivity index (χ0) is 20.9. The molecule has 0 bridgehead atoms. The lowest BCUT2D eigenvalue weighted by atomic mass is 9.78. The molecule has 0 saturated heterocycles. The van der Waals surface area contributed by atoms with Gasteiger partial charge in [-0.25, -0.2) is 0 Å². The molecule has 0 spiro atoms. The predicted octanol–water partition coefficient (Wildman–Crippen LogP) is 5.35. The van der Waals surface area contributed by atoms with Gasteiger partial charge in [-0.1, -0.05) is 133 Å². The first kappa shape index (κ1) is 19.8. The summed E-state index contributed by atoms with van der Waals surface area (Å²) in [6.07, 6.45) is 4.08. The summed E-state index contributed by atoms with van der Waals surface area (Å²) in [6, 6.07) is 40.5. The van der Waals surface area contributed by atoms with Crippen molar-refractivity contribution in [1.82, 2.24) is 0 Å². The van der Waals surface area contributed by atoms with Crippen LogP contribution in [-0.4, -0.2) is 0 Å². The Morgan fingerprint density at radius 3 is 0.767 bits per heavy atom. The van der Waals surface area contributed by atoms with Gasteiger partial charge in [0, 0.05) is 0 Å². The number of rotatable bonds is 6. The zero-order valence-corrected chi connectivity index (χ0v) is 16.9. The molecule has 4 aromatic carbocycles. The Balaban J connectivity index is 1.87. The Hall–Kier alpha value is -3.46. The molecule has 0 aliphatic carbocycles. The van der Waals surface area contributed by atoms with Crippen LogP contribution in [0.3, 0.4) is 0 Å². The molecule has 4 rings (SSSR count). The van der Waals surface area contributed by atoms with Gasteiger partial charge in [-0.2, -0.15) is 0 Å². The third kappa shape index (κ3) is 3.84. The Labute approximate surface area is 178 Å². The summed E-state index contributed by atoms with van der Waals surface area (Å²) in [4.78, 5) is 0. The van der Waals surface area contributed by atoms with Crippen molar-refractivity contribution in [2.75, 3.05) is 0 Å². The standard InChI is InChI=1S/C28H26N2/c29-27(23-13-5-1-6-14-23,24-15-7-2-8-16-24)21-22-28(30,25-17-9-3-10-18-25)26-19-11-4-12-20-26/h1-22H,29-30H2. The highest BCUT2D eigenvalue weighted by Crippen LogP contribution is 2.33. The molecule has 0 aromatic heterocycles. The average molecular weight is 391 g/mol. The minimum absolute atomic E-state index is 0.809. The molecule has 0 heterocycles. The van der Waals surface area contributed by atoms with Gasteiger partial charge in [0.05, 0.1) is 11.1 Å². The molecule has 4 aromatic rings. The van der Waals surface area contributed by atoms with Gasteiger partial charge in [0.1, 0.15) is 0 Å². The lowest BCUT2D eigenvalue weighted by molar-refractivity contribution is 0.638. The molecule has 2 heteroatoms. The van der Waals surface area contributed by atoms with E-state index in [0.29, 0.717) is 0 Å². The third-order valence-electron chi connectivity index (χ3n) is 5.61. The van der Waals surface area contributed by atoms with Gasteiger partial charge in [-0.3, -0.25) is 0 Å². The number of benzene rings is 4. The molecular formula is C28H26N2. The largest absolute Gasteiger partial charge is 0.314 e. The van der Waals surface area contributed by atoms with Crippen LogP contribution in [0.1, 0.15) is 22.3 Å². The van der Waals surface area contributed by atoms with Crippen molar-refractivity contribution in [1.29, 1.82) is 0 Å². The second-order valence-electron chi connectivity index (χ2n) is 7.54. The highest BCUT2D eigenvalue weighted by atomic mass is 14.8. The Morgan fingerprint density at radius 2 is 0.567 bits per heavy atom. The zero-order valence-electron chi connectivity index (χ0n) is 16.9. The first-order chi connectivity index (χ1) is 14.6. The summed E-state index contributed by atoms with van der Waals surface area (Å²) in [5.41, 5.74) is 16.5. The molecule has 0 radical (unpaired) electrons. The normalized spacial score (nSPS) is 12.2. The first-order valence-electron chi connectivity index (χ1n) is 10.1. The van der Waals surface area contributed by atoms with E-state index in [1.54, 1.807) is 0 Å². The van der Waals surface area contributed by atoms with E-state index in [0.717, 1.165) is 22.3 Å². The van der Waals surface area contributed by atoms with Gasteiger partial charge in [-0.15, -0.1) is 0 Å². The summed E-state index contributed by atoms with van der Waals surface area (Å²) in [6.45, 7) is 0. The van der Waals surface area contributed by atoms with E-state index in [-0.39, 0.29) is 0 Å². The lowest BCUT2D eigenvalue weighted by Crippen LogP contribution is -2.40. The van der Waals surface area contributed by atoms with Crippen molar-refractivity contribution < 1.29 is 0 Å². The first-order valence-corrected chi connectivity index (χ1v) is 10.1. The Bertz CT molecular complexity index is 918. The van der Waals surface area contributed by atoms with E-state index in [1.807, 2.05) is 84.9 Å². The van der Waals surface area contributed by atoms with Gasteiger partial charge in [-0.05, 0) is 22.3 Å². The molecule has 148 valence electrons.